The van der Waals surface area contributed by atoms with Gasteiger partial charge in [-0.15, -0.1) is 0 Å². The number of aromatic nitrogens is 1. The minimum Gasteiger partial charge on any atom is -0.481 e. The number of hydrogen-bond donors (Lipinski definition) is 1. The van der Waals surface area contributed by atoms with Gasteiger partial charge in [0.2, 0.25) is 0 Å². The maximum Gasteiger partial charge on any atom is 0.311 e. The largest absolute Gasteiger partial charge is 0.481 e. The molecule has 0 bridgehead atoms. The van der Waals surface area contributed by atoms with E-state index < -0.39 is 5.97 Å². The fraction of sp³-hybridized carbons (Fsp3) is 0.636. The van der Waals surface area contributed by atoms with E-state index >= 15 is 0 Å². The monoisotopic (exact) mass is 225 g/mol. The first-order valence-electron chi connectivity index (χ1n) is 5.42. The smallest absolute Gasteiger partial charge is 0.311 e. The summed E-state index contributed by atoms with van der Waals surface area (Å²) in [5, 5.41) is 8.70. The number of oxazole rings is 1. The van der Waals surface area contributed by atoms with E-state index in [1.165, 1.54) is 0 Å². The molecule has 0 spiro atoms. The number of carboxylic acids is 1. The zero-order chi connectivity index (χ0) is 11.5. The molecule has 16 heavy (non-hydrogen) atoms. The molecule has 1 aromatic heterocycles. The molecule has 2 rings (SSSR count). The van der Waals surface area contributed by atoms with E-state index in [4.69, 9.17) is 14.3 Å². The van der Waals surface area contributed by atoms with Crippen LogP contribution in [0.1, 0.15) is 36.1 Å². The Hall–Kier alpha value is -1.36. The summed E-state index contributed by atoms with van der Waals surface area (Å²) in [6.07, 6.45) is 1.70. The number of carbonyl (C=O) groups is 1. The highest BCUT2D eigenvalue weighted by atomic mass is 16.5. The van der Waals surface area contributed by atoms with Crippen LogP contribution in [0.5, 0.6) is 0 Å². The molecule has 2 heterocycles. The highest BCUT2D eigenvalue weighted by Gasteiger charge is 2.22. The molecule has 1 fully saturated rings. The maximum atomic E-state index is 10.6. The van der Waals surface area contributed by atoms with Crippen molar-refractivity contribution in [2.24, 2.45) is 0 Å². The van der Waals surface area contributed by atoms with Gasteiger partial charge in [0.15, 0.2) is 5.89 Å². The lowest BCUT2D eigenvalue weighted by Crippen LogP contribution is -2.14. The van der Waals surface area contributed by atoms with Crippen molar-refractivity contribution in [1.29, 1.82) is 0 Å². The molecule has 1 aliphatic rings. The van der Waals surface area contributed by atoms with Crippen LogP contribution in [0, 0.1) is 6.92 Å². The van der Waals surface area contributed by atoms with Crippen molar-refractivity contribution in [2.75, 3.05) is 13.2 Å². The molecule has 0 aliphatic carbocycles. The van der Waals surface area contributed by atoms with Gasteiger partial charge >= 0.3 is 5.97 Å². The van der Waals surface area contributed by atoms with Crippen LogP contribution in [0.15, 0.2) is 4.42 Å². The number of rotatable bonds is 3. The van der Waals surface area contributed by atoms with Gasteiger partial charge in [-0.05, 0) is 19.8 Å². The minimum atomic E-state index is -0.891. The Morgan fingerprint density at radius 2 is 2.19 bits per heavy atom. The van der Waals surface area contributed by atoms with Gasteiger partial charge in [-0.2, -0.15) is 0 Å². The molecule has 1 aliphatic heterocycles. The predicted octanol–water partition coefficient (Wildman–Crippen LogP) is 1.50. The average Bonchev–Trinajstić information content (AvgIpc) is 2.61. The Morgan fingerprint density at radius 1 is 1.50 bits per heavy atom. The third-order valence-electron chi connectivity index (χ3n) is 2.79. The van der Waals surface area contributed by atoms with E-state index in [-0.39, 0.29) is 12.3 Å². The van der Waals surface area contributed by atoms with Gasteiger partial charge < -0.3 is 14.3 Å². The van der Waals surface area contributed by atoms with Crippen molar-refractivity contribution < 1.29 is 19.1 Å². The molecule has 0 aromatic carbocycles. The molecular weight excluding hydrogens is 210 g/mol. The summed E-state index contributed by atoms with van der Waals surface area (Å²) in [5.74, 6) is 0.513. The second-order valence-electron chi connectivity index (χ2n) is 4.02. The van der Waals surface area contributed by atoms with E-state index in [1.54, 1.807) is 6.92 Å². The summed E-state index contributed by atoms with van der Waals surface area (Å²) in [6.45, 7) is 3.23. The van der Waals surface area contributed by atoms with Crippen molar-refractivity contribution in [1.82, 2.24) is 4.98 Å². The quantitative estimate of drug-likeness (QED) is 0.844. The molecule has 0 saturated carbocycles. The summed E-state index contributed by atoms with van der Waals surface area (Å²) in [5.41, 5.74) is 0.684. The Bertz CT molecular complexity index is 379. The van der Waals surface area contributed by atoms with Gasteiger partial charge in [0, 0.05) is 19.1 Å². The number of hydrogen-bond acceptors (Lipinski definition) is 4. The van der Waals surface area contributed by atoms with Crippen molar-refractivity contribution >= 4 is 5.97 Å². The first kappa shape index (κ1) is 11.1. The van der Waals surface area contributed by atoms with Gasteiger partial charge in [-0.25, -0.2) is 4.98 Å². The number of aryl methyl sites for hydroxylation is 1. The Balaban J connectivity index is 2.12. The molecule has 1 aromatic rings. The van der Waals surface area contributed by atoms with Crippen LogP contribution in [0.2, 0.25) is 0 Å². The van der Waals surface area contributed by atoms with Crippen LogP contribution >= 0.6 is 0 Å². The van der Waals surface area contributed by atoms with Crippen LogP contribution in [-0.4, -0.2) is 29.3 Å². The van der Waals surface area contributed by atoms with E-state index in [9.17, 15) is 4.79 Å². The van der Waals surface area contributed by atoms with Crippen LogP contribution in [0.4, 0.5) is 0 Å². The van der Waals surface area contributed by atoms with Crippen molar-refractivity contribution in [2.45, 2.75) is 32.1 Å². The number of aliphatic carboxylic acids is 1. The summed E-state index contributed by atoms with van der Waals surface area (Å²) >= 11 is 0. The molecule has 1 N–H and O–H groups in total. The highest BCUT2D eigenvalue weighted by molar-refractivity contribution is 5.69. The van der Waals surface area contributed by atoms with Crippen LogP contribution < -0.4 is 0 Å². The van der Waals surface area contributed by atoms with Crippen LogP contribution in [0.3, 0.4) is 0 Å². The van der Waals surface area contributed by atoms with E-state index in [1.807, 2.05) is 0 Å². The number of ether oxygens (including phenoxy) is 1. The van der Waals surface area contributed by atoms with Gasteiger partial charge in [0.25, 0.3) is 0 Å². The molecule has 0 radical (unpaired) electrons. The first-order valence-corrected chi connectivity index (χ1v) is 5.42. The highest BCUT2D eigenvalue weighted by Crippen LogP contribution is 2.27. The lowest BCUT2D eigenvalue weighted by atomic mass is 10.0. The number of carboxylic acid groups (broad SMARTS) is 1. The summed E-state index contributed by atoms with van der Waals surface area (Å²) in [4.78, 5) is 14.9. The molecule has 0 amide bonds. The molecule has 1 saturated heterocycles. The average molecular weight is 225 g/mol. The van der Waals surface area contributed by atoms with E-state index in [0.717, 1.165) is 26.1 Å². The topological polar surface area (TPSA) is 72.6 Å². The fourth-order valence-corrected chi connectivity index (χ4v) is 1.87. The Kier molecular flexibility index (Phi) is 3.24. The minimum absolute atomic E-state index is 0.0952. The normalized spacial score (nSPS) is 17.6. The molecule has 0 atom stereocenters. The van der Waals surface area contributed by atoms with Gasteiger partial charge in [0.05, 0.1) is 5.69 Å². The maximum absolute atomic E-state index is 10.6. The predicted molar refractivity (Wildman–Crippen MR) is 55.4 cm³/mol. The molecule has 5 heteroatoms. The Morgan fingerprint density at radius 3 is 2.81 bits per heavy atom. The zero-order valence-electron chi connectivity index (χ0n) is 9.23. The fourth-order valence-electron chi connectivity index (χ4n) is 1.87. The summed E-state index contributed by atoms with van der Waals surface area (Å²) in [7, 11) is 0. The molecule has 88 valence electrons. The molecule has 0 unspecified atom stereocenters. The molecule has 5 nitrogen and oxygen atoms in total. The zero-order valence-corrected chi connectivity index (χ0v) is 9.23. The second kappa shape index (κ2) is 4.65. The van der Waals surface area contributed by atoms with Gasteiger partial charge in [0.1, 0.15) is 12.2 Å². The van der Waals surface area contributed by atoms with Gasteiger partial charge in [-0.1, -0.05) is 0 Å². The van der Waals surface area contributed by atoms with Gasteiger partial charge in [-0.3, -0.25) is 4.79 Å². The third kappa shape index (κ3) is 2.41. The second-order valence-corrected chi connectivity index (χ2v) is 4.02. The van der Waals surface area contributed by atoms with Crippen molar-refractivity contribution in [3.63, 3.8) is 0 Å². The van der Waals surface area contributed by atoms with Crippen molar-refractivity contribution in [3.8, 4) is 0 Å². The number of nitrogens with zero attached hydrogens (tertiary/aromatic N) is 1. The van der Waals surface area contributed by atoms with Crippen LogP contribution in [0.25, 0.3) is 0 Å². The molecular formula is C11H15NO4. The third-order valence-corrected chi connectivity index (χ3v) is 2.79. The standard InChI is InChI=1S/C11H15NO4/c1-7-9(6-10(13)14)16-11(12-7)8-2-4-15-5-3-8/h8H,2-6H2,1H3,(H,13,14). The van der Waals surface area contributed by atoms with Crippen molar-refractivity contribution in [3.05, 3.63) is 17.3 Å². The lowest BCUT2D eigenvalue weighted by Gasteiger charge is -2.18. The summed E-state index contributed by atoms with van der Waals surface area (Å²) < 4.78 is 10.8. The van der Waals surface area contributed by atoms with Crippen LogP contribution in [-0.2, 0) is 16.0 Å². The Labute approximate surface area is 93.4 Å². The summed E-state index contributed by atoms with van der Waals surface area (Å²) in [6, 6.07) is 0. The van der Waals surface area contributed by atoms with E-state index in [2.05, 4.69) is 4.98 Å². The SMILES string of the molecule is Cc1nc(C2CCOCC2)oc1CC(=O)O. The van der Waals surface area contributed by atoms with E-state index in [0.29, 0.717) is 17.3 Å². The lowest BCUT2D eigenvalue weighted by molar-refractivity contribution is -0.136. The first-order chi connectivity index (χ1) is 7.66.